The molecule has 0 radical (unpaired) electrons. The Morgan fingerprint density at radius 1 is 1.41 bits per heavy atom. The van der Waals surface area contributed by atoms with Gasteiger partial charge in [-0.05, 0) is 46.0 Å². The maximum atomic E-state index is 14.1. The zero-order chi connectivity index (χ0) is 23.5. The van der Waals surface area contributed by atoms with E-state index in [1.54, 1.807) is 29.7 Å². The molecular formula is C24H38N2O5S. The van der Waals surface area contributed by atoms with E-state index in [9.17, 15) is 19.5 Å². The number of aliphatic hydroxyl groups excluding tert-OH is 1. The molecule has 1 N–H and O–H groups in total. The summed E-state index contributed by atoms with van der Waals surface area (Å²) < 4.78 is 4.77. The van der Waals surface area contributed by atoms with E-state index in [1.807, 2.05) is 11.8 Å². The molecule has 6 atom stereocenters. The molecule has 180 valence electrons. The van der Waals surface area contributed by atoms with E-state index in [2.05, 4.69) is 13.5 Å². The van der Waals surface area contributed by atoms with Crippen molar-refractivity contribution >= 4 is 29.5 Å². The second-order valence-corrected chi connectivity index (χ2v) is 10.8. The van der Waals surface area contributed by atoms with Gasteiger partial charge in [-0.15, -0.1) is 18.3 Å². The van der Waals surface area contributed by atoms with E-state index in [-0.39, 0.29) is 42.3 Å². The summed E-state index contributed by atoms with van der Waals surface area (Å²) in [5.41, 5.74) is 0. The molecule has 3 unspecified atom stereocenters. The van der Waals surface area contributed by atoms with E-state index >= 15 is 0 Å². The van der Waals surface area contributed by atoms with E-state index < -0.39 is 22.6 Å². The Morgan fingerprint density at radius 3 is 2.78 bits per heavy atom. The van der Waals surface area contributed by atoms with Crippen molar-refractivity contribution in [2.45, 2.75) is 81.4 Å². The van der Waals surface area contributed by atoms with Crippen LogP contribution in [0.4, 0.5) is 0 Å². The zero-order valence-electron chi connectivity index (χ0n) is 19.6. The molecule has 3 aliphatic rings. The minimum Gasteiger partial charge on any atom is -0.466 e. The van der Waals surface area contributed by atoms with Gasteiger partial charge in [0.15, 0.2) is 0 Å². The van der Waals surface area contributed by atoms with Gasteiger partial charge in [0.1, 0.15) is 6.04 Å². The van der Waals surface area contributed by atoms with Gasteiger partial charge in [-0.2, -0.15) is 0 Å². The summed E-state index contributed by atoms with van der Waals surface area (Å²) in [6, 6.07) is -0.549. The molecule has 0 aromatic rings. The monoisotopic (exact) mass is 466 g/mol. The molecule has 2 bridgehead atoms. The lowest BCUT2D eigenvalue weighted by Crippen LogP contribution is -2.56. The summed E-state index contributed by atoms with van der Waals surface area (Å²) in [5, 5.41) is 9.28. The minimum atomic E-state index is -0.590. The van der Waals surface area contributed by atoms with Crippen LogP contribution in [0.15, 0.2) is 12.7 Å². The Bertz CT molecular complexity index is 731. The standard InChI is InChI=1S/C24H38N2O5S/c1-5-10-16(4)25(13-6-2)22(29)20-24-12-11-17(32-24)18(23(30)31-7-3)19(24)21(28)26(20)14-8-9-15-27/h6,16-20,27H,2,5,7-15H2,1,3-4H3/t16?,17-,18+,19+,20?,24?/m1/s1. The van der Waals surface area contributed by atoms with Crippen LogP contribution in [0.5, 0.6) is 0 Å². The minimum absolute atomic E-state index is 0.0267. The molecule has 3 saturated heterocycles. The van der Waals surface area contributed by atoms with Crippen molar-refractivity contribution in [3.8, 4) is 0 Å². The number of unbranched alkanes of at least 4 members (excludes halogenated alkanes) is 1. The van der Waals surface area contributed by atoms with Gasteiger partial charge in [0.25, 0.3) is 0 Å². The van der Waals surface area contributed by atoms with Gasteiger partial charge in [-0.3, -0.25) is 14.4 Å². The van der Waals surface area contributed by atoms with Crippen LogP contribution < -0.4 is 0 Å². The summed E-state index contributed by atoms with van der Waals surface area (Å²) in [6.45, 7) is 11.0. The number of rotatable bonds is 12. The number of amides is 2. The normalized spacial score (nSPS) is 31.5. The highest BCUT2D eigenvalue weighted by atomic mass is 32.2. The highest BCUT2D eigenvalue weighted by Crippen LogP contribution is 2.66. The lowest BCUT2D eigenvalue weighted by atomic mass is 9.71. The average Bonchev–Trinajstić information content (AvgIpc) is 3.40. The highest BCUT2D eigenvalue weighted by molar-refractivity contribution is 8.02. The van der Waals surface area contributed by atoms with Gasteiger partial charge in [-0.1, -0.05) is 19.4 Å². The predicted molar refractivity (Wildman–Crippen MR) is 125 cm³/mol. The van der Waals surface area contributed by atoms with E-state index in [0.29, 0.717) is 25.9 Å². The smallest absolute Gasteiger partial charge is 0.310 e. The molecule has 2 amide bonds. The lowest BCUT2D eigenvalue weighted by Gasteiger charge is -2.39. The zero-order valence-corrected chi connectivity index (χ0v) is 20.4. The van der Waals surface area contributed by atoms with E-state index in [1.165, 1.54) is 0 Å². The number of carbonyl (C=O) groups excluding carboxylic acids is 3. The molecular weight excluding hydrogens is 428 g/mol. The maximum absolute atomic E-state index is 14.1. The lowest BCUT2D eigenvalue weighted by molar-refractivity contribution is -0.153. The van der Waals surface area contributed by atoms with Crippen LogP contribution >= 0.6 is 11.8 Å². The third-order valence-corrected chi connectivity index (χ3v) is 9.20. The number of likely N-dealkylation sites (tertiary alicyclic amines) is 1. The van der Waals surface area contributed by atoms with E-state index in [0.717, 1.165) is 25.7 Å². The maximum Gasteiger partial charge on any atom is 0.310 e. The van der Waals surface area contributed by atoms with Crippen LogP contribution in [0, 0.1) is 11.8 Å². The number of hydrogen-bond acceptors (Lipinski definition) is 6. The molecule has 32 heavy (non-hydrogen) atoms. The van der Waals surface area contributed by atoms with Crippen molar-refractivity contribution in [3.63, 3.8) is 0 Å². The number of esters is 1. The Morgan fingerprint density at radius 2 is 2.16 bits per heavy atom. The second-order valence-electron chi connectivity index (χ2n) is 9.19. The average molecular weight is 467 g/mol. The third-order valence-electron chi connectivity index (χ3n) is 7.25. The molecule has 0 saturated carbocycles. The molecule has 0 aromatic carbocycles. The van der Waals surface area contributed by atoms with Crippen LogP contribution in [0.3, 0.4) is 0 Å². The Labute approximate surface area is 195 Å². The topological polar surface area (TPSA) is 87.2 Å². The number of fused-ring (bicyclic) bond motifs is 1. The van der Waals surface area contributed by atoms with Gasteiger partial charge in [-0.25, -0.2) is 0 Å². The molecule has 0 aromatic heterocycles. The Kier molecular flexibility index (Phi) is 8.31. The van der Waals surface area contributed by atoms with Crippen molar-refractivity contribution < 1.29 is 24.2 Å². The summed E-state index contributed by atoms with van der Waals surface area (Å²) >= 11 is 1.67. The molecule has 0 aliphatic carbocycles. The Balaban J connectivity index is 1.99. The van der Waals surface area contributed by atoms with Crippen molar-refractivity contribution in [2.24, 2.45) is 11.8 Å². The number of thioether (sulfide) groups is 1. The number of aliphatic hydroxyl groups is 1. The van der Waals surface area contributed by atoms with Crippen LogP contribution in [0.25, 0.3) is 0 Å². The van der Waals surface area contributed by atoms with Crippen molar-refractivity contribution in [2.75, 3.05) is 26.3 Å². The van der Waals surface area contributed by atoms with Crippen molar-refractivity contribution in [3.05, 3.63) is 12.7 Å². The number of hydrogen-bond donors (Lipinski definition) is 1. The molecule has 1 spiro atoms. The molecule has 3 fully saturated rings. The van der Waals surface area contributed by atoms with Crippen LogP contribution in [-0.4, -0.2) is 81.1 Å². The molecule has 3 aliphatic heterocycles. The number of ether oxygens (including phenoxy) is 1. The first-order valence-electron chi connectivity index (χ1n) is 12.0. The highest BCUT2D eigenvalue weighted by Gasteiger charge is 2.74. The first-order valence-corrected chi connectivity index (χ1v) is 12.9. The fraction of sp³-hybridized carbons (Fsp3) is 0.792. The molecule has 8 heteroatoms. The summed E-state index contributed by atoms with van der Waals surface area (Å²) in [6.07, 6.45) is 6.35. The van der Waals surface area contributed by atoms with Gasteiger partial charge < -0.3 is 19.6 Å². The molecule has 3 rings (SSSR count). The summed E-state index contributed by atoms with van der Waals surface area (Å²) in [4.78, 5) is 44.2. The third kappa shape index (κ3) is 4.20. The number of nitrogens with zero attached hydrogens (tertiary/aromatic N) is 2. The van der Waals surface area contributed by atoms with Gasteiger partial charge >= 0.3 is 5.97 Å². The van der Waals surface area contributed by atoms with Crippen molar-refractivity contribution in [1.29, 1.82) is 0 Å². The van der Waals surface area contributed by atoms with Crippen LogP contribution in [0.2, 0.25) is 0 Å². The Hall–Kier alpha value is -1.54. The van der Waals surface area contributed by atoms with Crippen LogP contribution in [0.1, 0.15) is 59.3 Å². The fourth-order valence-electron chi connectivity index (χ4n) is 5.93. The van der Waals surface area contributed by atoms with Crippen LogP contribution in [-0.2, 0) is 19.1 Å². The summed E-state index contributed by atoms with van der Waals surface area (Å²) in [5.74, 6) is -1.45. The summed E-state index contributed by atoms with van der Waals surface area (Å²) in [7, 11) is 0. The first-order chi connectivity index (χ1) is 15.4. The van der Waals surface area contributed by atoms with Crippen molar-refractivity contribution in [1.82, 2.24) is 9.80 Å². The number of carbonyl (C=O) groups is 3. The first kappa shape index (κ1) is 25.1. The molecule has 3 heterocycles. The second kappa shape index (κ2) is 10.6. The predicted octanol–water partition coefficient (Wildman–Crippen LogP) is 2.62. The largest absolute Gasteiger partial charge is 0.466 e. The van der Waals surface area contributed by atoms with Gasteiger partial charge in [0.05, 0.1) is 23.2 Å². The van der Waals surface area contributed by atoms with Gasteiger partial charge in [0.2, 0.25) is 11.8 Å². The quantitative estimate of drug-likeness (QED) is 0.270. The van der Waals surface area contributed by atoms with E-state index in [4.69, 9.17) is 4.74 Å². The molecule has 7 nitrogen and oxygen atoms in total. The SMILES string of the molecule is C=CCN(C(=O)C1N(CCCCO)C(=O)[C@@H]2[C@@H](C(=O)OCC)[C@H]3CCC12S3)C(C)CCC. The fourth-order valence-corrected chi connectivity index (χ4v) is 8.13. The van der Waals surface area contributed by atoms with Gasteiger partial charge in [0, 0.05) is 31.0 Å².